The van der Waals surface area contributed by atoms with Gasteiger partial charge in [0.2, 0.25) is 0 Å². The lowest BCUT2D eigenvalue weighted by molar-refractivity contribution is 0.0691. The van der Waals surface area contributed by atoms with Crippen molar-refractivity contribution in [2.75, 3.05) is 14.1 Å². The van der Waals surface area contributed by atoms with E-state index in [1.165, 1.54) is 16.7 Å². The molecule has 100 valence electrons. The number of phenols is 1. The zero-order valence-corrected chi connectivity index (χ0v) is 11.4. The number of aromatic carboxylic acids is 1. The molecule has 0 aliphatic rings. The van der Waals surface area contributed by atoms with Gasteiger partial charge < -0.3 is 10.2 Å². The highest BCUT2D eigenvalue weighted by Gasteiger charge is 2.22. The van der Waals surface area contributed by atoms with E-state index in [-0.39, 0.29) is 17.5 Å². The summed E-state index contributed by atoms with van der Waals surface area (Å²) in [6.07, 6.45) is 0. The summed E-state index contributed by atoms with van der Waals surface area (Å²) in [5.41, 5.74) is 0.920. The Kier molecular flexibility index (Phi) is 3.82. The number of nitrogens with zero attached hydrogens (tertiary/aromatic N) is 2. The summed E-state index contributed by atoms with van der Waals surface area (Å²) in [6.45, 7) is 0. The van der Waals surface area contributed by atoms with E-state index >= 15 is 0 Å². The van der Waals surface area contributed by atoms with Gasteiger partial charge in [-0.2, -0.15) is 0 Å². The fourth-order valence-electron chi connectivity index (χ4n) is 1.87. The smallest absolute Gasteiger partial charge is 0.355 e. The van der Waals surface area contributed by atoms with Crippen molar-refractivity contribution in [3.63, 3.8) is 0 Å². The average molecular weight is 278 g/mol. The molecule has 0 radical (unpaired) electrons. The van der Waals surface area contributed by atoms with Gasteiger partial charge in [0.1, 0.15) is 10.8 Å². The van der Waals surface area contributed by atoms with Gasteiger partial charge in [-0.3, -0.25) is 4.90 Å². The van der Waals surface area contributed by atoms with Crippen molar-refractivity contribution in [3.8, 4) is 5.75 Å². The number of carboxylic acid groups (broad SMARTS) is 1. The summed E-state index contributed by atoms with van der Waals surface area (Å²) in [5.74, 6) is -0.852. The molecule has 0 saturated heterocycles. The van der Waals surface area contributed by atoms with E-state index in [9.17, 15) is 9.90 Å². The van der Waals surface area contributed by atoms with Crippen LogP contribution in [-0.2, 0) is 0 Å². The number of aromatic nitrogens is 1. The summed E-state index contributed by atoms with van der Waals surface area (Å²) < 4.78 is 0. The van der Waals surface area contributed by atoms with E-state index in [4.69, 9.17) is 5.11 Å². The zero-order chi connectivity index (χ0) is 14.0. The minimum absolute atomic E-state index is 0.0482. The molecule has 19 heavy (non-hydrogen) atoms. The van der Waals surface area contributed by atoms with Gasteiger partial charge in [0.15, 0.2) is 5.69 Å². The highest BCUT2D eigenvalue weighted by atomic mass is 32.1. The second kappa shape index (κ2) is 5.38. The molecular weight excluding hydrogens is 264 g/mol. The van der Waals surface area contributed by atoms with Crippen molar-refractivity contribution in [1.82, 2.24) is 9.88 Å². The summed E-state index contributed by atoms with van der Waals surface area (Å²) in [4.78, 5) is 17.0. The second-order valence-corrected chi connectivity index (χ2v) is 5.23. The minimum atomic E-state index is -1.03. The van der Waals surface area contributed by atoms with Crippen molar-refractivity contribution in [3.05, 3.63) is 45.9 Å². The number of carbonyl (C=O) groups is 1. The van der Waals surface area contributed by atoms with Crippen LogP contribution in [0.5, 0.6) is 5.75 Å². The molecule has 0 amide bonds. The Bertz CT molecular complexity index is 595. The third-order valence-corrected chi connectivity index (χ3v) is 3.57. The SMILES string of the molecule is CN(C)C(c1cccc(O)c1)c1nc(C(=O)O)cs1. The largest absolute Gasteiger partial charge is 0.508 e. The molecule has 0 saturated carbocycles. The summed E-state index contributed by atoms with van der Waals surface area (Å²) >= 11 is 1.30. The van der Waals surface area contributed by atoms with E-state index in [1.54, 1.807) is 18.2 Å². The average Bonchev–Trinajstić information content (AvgIpc) is 2.78. The molecule has 1 unspecified atom stereocenters. The van der Waals surface area contributed by atoms with E-state index in [2.05, 4.69) is 4.98 Å². The first-order valence-corrected chi connectivity index (χ1v) is 6.51. The Labute approximate surface area is 114 Å². The molecule has 2 N–H and O–H groups in total. The molecular formula is C13H14N2O3S. The Morgan fingerprint density at radius 3 is 2.68 bits per heavy atom. The van der Waals surface area contributed by atoms with Gasteiger partial charge in [-0.1, -0.05) is 12.1 Å². The molecule has 0 bridgehead atoms. The van der Waals surface area contributed by atoms with E-state index in [0.717, 1.165) is 5.56 Å². The van der Waals surface area contributed by atoms with Crippen LogP contribution in [0.3, 0.4) is 0 Å². The predicted octanol–water partition coefficient (Wildman–Crippen LogP) is 2.20. The van der Waals surface area contributed by atoms with Crippen LogP contribution in [0.1, 0.15) is 27.1 Å². The fraction of sp³-hybridized carbons (Fsp3) is 0.231. The minimum Gasteiger partial charge on any atom is -0.508 e. The molecule has 1 aromatic heterocycles. The molecule has 0 aliphatic heterocycles. The molecule has 1 heterocycles. The van der Waals surface area contributed by atoms with E-state index in [0.29, 0.717) is 5.01 Å². The van der Waals surface area contributed by atoms with Crippen molar-refractivity contribution in [2.45, 2.75) is 6.04 Å². The number of benzene rings is 1. The summed E-state index contributed by atoms with van der Waals surface area (Å²) in [6, 6.07) is 6.72. The normalized spacial score (nSPS) is 12.6. The number of phenolic OH excluding ortho intramolecular Hbond substituents is 1. The molecule has 0 spiro atoms. The lowest BCUT2D eigenvalue weighted by atomic mass is 10.1. The van der Waals surface area contributed by atoms with Crippen molar-refractivity contribution in [2.24, 2.45) is 0 Å². The lowest BCUT2D eigenvalue weighted by Gasteiger charge is -2.22. The van der Waals surface area contributed by atoms with Gasteiger partial charge in [0.05, 0.1) is 6.04 Å². The van der Waals surface area contributed by atoms with Crippen LogP contribution >= 0.6 is 11.3 Å². The Morgan fingerprint density at radius 2 is 2.16 bits per heavy atom. The first-order valence-electron chi connectivity index (χ1n) is 5.63. The molecule has 0 fully saturated rings. The molecule has 2 rings (SSSR count). The molecule has 6 heteroatoms. The lowest BCUT2D eigenvalue weighted by Crippen LogP contribution is -2.21. The maximum Gasteiger partial charge on any atom is 0.355 e. The molecule has 2 aromatic rings. The fourth-order valence-corrected chi connectivity index (χ4v) is 2.88. The number of rotatable bonds is 4. The number of aromatic hydroxyl groups is 1. The maximum atomic E-state index is 10.9. The van der Waals surface area contributed by atoms with E-state index in [1.807, 2.05) is 25.1 Å². The third-order valence-electron chi connectivity index (χ3n) is 2.68. The summed E-state index contributed by atoms with van der Waals surface area (Å²) in [7, 11) is 3.77. The van der Waals surface area contributed by atoms with Crippen LogP contribution in [0.4, 0.5) is 0 Å². The molecule has 0 aliphatic carbocycles. The topological polar surface area (TPSA) is 73.7 Å². The van der Waals surface area contributed by atoms with Gasteiger partial charge in [0, 0.05) is 5.38 Å². The van der Waals surface area contributed by atoms with Gasteiger partial charge in [-0.25, -0.2) is 9.78 Å². The Morgan fingerprint density at radius 1 is 1.42 bits per heavy atom. The highest BCUT2D eigenvalue weighted by Crippen LogP contribution is 2.30. The highest BCUT2D eigenvalue weighted by molar-refractivity contribution is 7.10. The second-order valence-electron chi connectivity index (χ2n) is 4.34. The first-order chi connectivity index (χ1) is 8.99. The van der Waals surface area contributed by atoms with Gasteiger partial charge in [0.25, 0.3) is 0 Å². The van der Waals surface area contributed by atoms with Crippen LogP contribution in [0.25, 0.3) is 0 Å². The molecule has 1 aromatic carbocycles. The molecule has 1 atom stereocenters. The van der Waals surface area contributed by atoms with Crippen LogP contribution in [0.15, 0.2) is 29.6 Å². The van der Waals surface area contributed by atoms with Crippen molar-refractivity contribution >= 4 is 17.3 Å². The van der Waals surface area contributed by atoms with Crippen molar-refractivity contribution in [1.29, 1.82) is 0 Å². The summed E-state index contributed by atoms with van der Waals surface area (Å²) in [5, 5.41) is 20.7. The standard InChI is InChI=1S/C13H14N2O3S/c1-15(2)11(8-4-3-5-9(16)6-8)12-14-10(7-19-12)13(17)18/h3-7,11,16H,1-2H3,(H,17,18). The van der Waals surface area contributed by atoms with Crippen LogP contribution in [0, 0.1) is 0 Å². The van der Waals surface area contributed by atoms with Crippen LogP contribution < -0.4 is 0 Å². The van der Waals surface area contributed by atoms with Crippen LogP contribution in [0.2, 0.25) is 0 Å². The first kappa shape index (κ1) is 13.5. The van der Waals surface area contributed by atoms with Gasteiger partial charge in [-0.05, 0) is 31.8 Å². The van der Waals surface area contributed by atoms with E-state index < -0.39 is 5.97 Å². The Balaban J connectivity index is 2.42. The monoisotopic (exact) mass is 278 g/mol. The Hall–Kier alpha value is -1.92. The number of hydrogen-bond donors (Lipinski definition) is 2. The van der Waals surface area contributed by atoms with Gasteiger partial charge in [-0.15, -0.1) is 11.3 Å². The molecule has 5 nitrogen and oxygen atoms in total. The van der Waals surface area contributed by atoms with Gasteiger partial charge >= 0.3 is 5.97 Å². The number of thiazole rings is 1. The van der Waals surface area contributed by atoms with Crippen molar-refractivity contribution < 1.29 is 15.0 Å². The predicted molar refractivity (Wildman–Crippen MR) is 72.7 cm³/mol. The number of carboxylic acids is 1. The maximum absolute atomic E-state index is 10.9. The third kappa shape index (κ3) is 2.91. The zero-order valence-electron chi connectivity index (χ0n) is 10.6. The van der Waals surface area contributed by atoms with Crippen LogP contribution in [-0.4, -0.2) is 40.2 Å². The quantitative estimate of drug-likeness (QED) is 0.897. The number of hydrogen-bond acceptors (Lipinski definition) is 5.